The molecule has 0 aliphatic rings. The van der Waals surface area contributed by atoms with Gasteiger partial charge in [0.25, 0.3) is 0 Å². The molecular weight excluding hydrogens is 791 g/mol. The maximum absolute atomic E-state index is 12.8. The highest BCUT2D eigenvalue weighted by Crippen LogP contribution is 2.14. The molecule has 9 nitrogen and oxygen atoms in total. The molecule has 0 bridgehead atoms. The summed E-state index contributed by atoms with van der Waals surface area (Å²) in [6, 6.07) is 0. The van der Waals surface area contributed by atoms with E-state index < -0.39 is 24.3 Å². The number of carbonyl (C=O) groups is 3. The number of carbonyl (C=O) groups excluding carboxylic acids is 3. The second-order valence-corrected chi connectivity index (χ2v) is 17.7. The van der Waals surface area contributed by atoms with Crippen molar-refractivity contribution >= 4 is 17.9 Å². The third-order valence-electron chi connectivity index (χ3n) is 10.4. The topological polar surface area (TPSA) is 111 Å². The van der Waals surface area contributed by atoms with Crippen LogP contribution in [0.2, 0.25) is 0 Å². The van der Waals surface area contributed by atoms with Crippen molar-refractivity contribution in [3.63, 3.8) is 0 Å². The van der Waals surface area contributed by atoms with Gasteiger partial charge in [-0.15, -0.1) is 0 Å². The minimum atomic E-state index is -1.63. The summed E-state index contributed by atoms with van der Waals surface area (Å²) in [7, 11) is 5.90. The van der Waals surface area contributed by atoms with Gasteiger partial charge in [-0.05, 0) is 83.5 Å². The molecule has 2 atom stereocenters. The number of rotatable bonds is 45. The first-order valence-electron chi connectivity index (χ1n) is 25.1. The predicted molar refractivity (Wildman–Crippen MR) is 260 cm³/mol. The molecule has 63 heavy (non-hydrogen) atoms. The summed E-state index contributed by atoms with van der Waals surface area (Å²) in [5, 5.41) is 11.7. The summed E-state index contributed by atoms with van der Waals surface area (Å²) in [5.41, 5.74) is 0. The Hall–Kier alpha value is -3.27. The smallest absolute Gasteiger partial charge is 0.306 e. The third-order valence-corrected chi connectivity index (χ3v) is 10.4. The summed E-state index contributed by atoms with van der Waals surface area (Å²) in [4.78, 5) is 37.1. The van der Waals surface area contributed by atoms with E-state index in [1.165, 1.54) is 70.6 Å². The standard InChI is InChI=1S/C54H93NO8/c1-6-8-10-12-14-16-18-20-22-24-25-26-27-29-30-32-34-36-38-40-42-44-51(56)61-48-50(49-62-54(53(58)59)60-47-46-55(3,4)5)63-52(57)45-43-41-39-37-35-33-31-28-23-21-19-17-15-13-11-9-7-2/h9,11,15,17-18,20-21,23-25,31,33,50,54H,6-8,10,12-14,16,19,22,26-30,32,34-49H2,1-5H3/b11-9-,17-15-,20-18-,23-21-,25-24-,33-31-. The van der Waals surface area contributed by atoms with Crippen LogP contribution in [0.25, 0.3) is 0 Å². The van der Waals surface area contributed by atoms with Crippen LogP contribution >= 0.6 is 0 Å². The summed E-state index contributed by atoms with van der Waals surface area (Å²) in [6.45, 7) is 4.58. The van der Waals surface area contributed by atoms with E-state index in [1.54, 1.807) is 0 Å². The van der Waals surface area contributed by atoms with Gasteiger partial charge in [0.05, 0.1) is 40.3 Å². The summed E-state index contributed by atoms with van der Waals surface area (Å²) in [6.07, 6.45) is 53.6. The molecule has 0 heterocycles. The molecule has 0 radical (unpaired) electrons. The number of quaternary nitrogens is 1. The highest BCUT2D eigenvalue weighted by atomic mass is 16.7. The zero-order valence-corrected chi connectivity index (χ0v) is 40.9. The Labute approximate surface area is 386 Å². The molecule has 0 aliphatic carbocycles. The molecule has 0 aromatic rings. The second kappa shape index (κ2) is 45.3. The van der Waals surface area contributed by atoms with E-state index in [2.05, 4.69) is 86.8 Å². The molecular formula is C54H93NO8. The number of hydrogen-bond donors (Lipinski definition) is 0. The Morgan fingerprint density at radius 3 is 1.35 bits per heavy atom. The maximum Gasteiger partial charge on any atom is 0.306 e. The highest BCUT2D eigenvalue weighted by molar-refractivity contribution is 5.70. The SMILES string of the molecule is CC/C=C\C/C=C\C/C=C\C/C=C\CCCCCCC(=O)OC(COC(=O)CCCCCCCCCCC/C=C\C/C=C\CCCCCCC)COC(OCC[N+](C)(C)C)C(=O)[O-]. The lowest BCUT2D eigenvalue weighted by Gasteiger charge is -2.26. The Kier molecular flexibility index (Phi) is 43.0. The largest absolute Gasteiger partial charge is 0.545 e. The minimum absolute atomic E-state index is 0.138. The molecule has 9 heteroatoms. The van der Waals surface area contributed by atoms with E-state index in [0.29, 0.717) is 17.4 Å². The van der Waals surface area contributed by atoms with Crippen LogP contribution in [0.3, 0.4) is 0 Å². The first-order chi connectivity index (χ1) is 30.6. The van der Waals surface area contributed by atoms with E-state index in [0.717, 1.165) is 89.9 Å². The van der Waals surface area contributed by atoms with Crippen LogP contribution in [-0.2, 0) is 33.3 Å². The van der Waals surface area contributed by atoms with Gasteiger partial charge in [-0.25, -0.2) is 0 Å². The van der Waals surface area contributed by atoms with Gasteiger partial charge in [-0.3, -0.25) is 9.59 Å². The average molecular weight is 884 g/mol. The second-order valence-electron chi connectivity index (χ2n) is 17.7. The van der Waals surface area contributed by atoms with Crippen LogP contribution < -0.4 is 5.11 Å². The predicted octanol–water partition coefficient (Wildman–Crippen LogP) is 12.6. The number of aliphatic carboxylic acids is 1. The van der Waals surface area contributed by atoms with Crippen molar-refractivity contribution in [3.05, 3.63) is 72.9 Å². The number of esters is 2. The Bertz CT molecular complexity index is 1260. The average Bonchev–Trinajstić information content (AvgIpc) is 3.24. The van der Waals surface area contributed by atoms with Crippen molar-refractivity contribution < 1.29 is 42.9 Å². The zero-order valence-electron chi connectivity index (χ0n) is 40.9. The minimum Gasteiger partial charge on any atom is -0.545 e. The van der Waals surface area contributed by atoms with E-state index in [1.807, 2.05) is 21.1 Å². The molecule has 0 fully saturated rings. The number of carboxylic acids is 1. The Balaban J connectivity index is 4.40. The molecule has 0 aromatic carbocycles. The number of hydrogen-bond acceptors (Lipinski definition) is 8. The molecule has 0 aliphatic heterocycles. The molecule has 0 saturated heterocycles. The maximum atomic E-state index is 12.8. The zero-order chi connectivity index (χ0) is 46.3. The first kappa shape index (κ1) is 59.7. The van der Waals surface area contributed by atoms with Crippen molar-refractivity contribution in [3.8, 4) is 0 Å². The normalized spacial score (nSPS) is 13.5. The lowest BCUT2D eigenvalue weighted by Crippen LogP contribution is -2.44. The van der Waals surface area contributed by atoms with E-state index >= 15 is 0 Å². The molecule has 0 N–H and O–H groups in total. The number of unbranched alkanes of at least 4 members (excludes halogenated alkanes) is 18. The Morgan fingerprint density at radius 2 is 0.905 bits per heavy atom. The number of likely N-dealkylation sites (N-methyl/N-ethyl adjacent to an activating group) is 1. The van der Waals surface area contributed by atoms with Gasteiger partial charge in [-0.2, -0.15) is 0 Å². The molecule has 2 unspecified atom stereocenters. The van der Waals surface area contributed by atoms with Crippen LogP contribution in [0.5, 0.6) is 0 Å². The van der Waals surface area contributed by atoms with Crippen molar-refractivity contribution in [2.75, 3.05) is 47.5 Å². The molecule has 362 valence electrons. The lowest BCUT2D eigenvalue weighted by molar-refractivity contribution is -0.870. The molecule has 0 amide bonds. The quantitative estimate of drug-likeness (QED) is 0.0195. The van der Waals surface area contributed by atoms with E-state index in [-0.39, 0.29) is 38.6 Å². The van der Waals surface area contributed by atoms with Crippen LogP contribution in [0, 0.1) is 0 Å². The fraction of sp³-hybridized carbons (Fsp3) is 0.722. The third kappa shape index (κ3) is 46.5. The number of allylic oxidation sites excluding steroid dienone is 12. The van der Waals surface area contributed by atoms with Crippen LogP contribution in [0.4, 0.5) is 0 Å². The monoisotopic (exact) mass is 884 g/mol. The van der Waals surface area contributed by atoms with Crippen molar-refractivity contribution in [1.82, 2.24) is 0 Å². The Morgan fingerprint density at radius 1 is 0.492 bits per heavy atom. The van der Waals surface area contributed by atoms with Gasteiger partial charge in [0, 0.05) is 12.8 Å². The van der Waals surface area contributed by atoms with Gasteiger partial charge in [0.15, 0.2) is 12.4 Å². The van der Waals surface area contributed by atoms with Crippen LogP contribution in [0.15, 0.2) is 72.9 Å². The molecule has 0 saturated carbocycles. The molecule has 0 rings (SSSR count). The van der Waals surface area contributed by atoms with Crippen molar-refractivity contribution in [1.29, 1.82) is 0 Å². The first-order valence-corrected chi connectivity index (χ1v) is 25.1. The summed E-state index contributed by atoms with van der Waals surface area (Å²) in [5.74, 6) is -2.33. The lowest BCUT2D eigenvalue weighted by atomic mass is 10.1. The molecule has 0 aromatic heterocycles. The van der Waals surface area contributed by atoms with Gasteiger partial charge in [-0.1, -0.05) is 170 Å². The highest BCUT2D eigenvalue weighted by Gasteiger charge is 2.21. The van der Waals surface area contributed by atoms with Crippen molar-refractivity contribution in [2.45, 2.75) is 206 Å². The van der Waals surface area contributed by atoms with Crippen LogP contribution in [0.1, 0.15) is 194 Å². The van der Waals surface area contributed by atoms with Gasteiger partial charge in [0.1, 0.15) is 13.2 Å². The van der Waals surface area contributed by atoms with Gasteiger partial charge >= 0.3 is 11.9 Å². The number of nitrogens with zero attached hydrogens (tertiary/aromatic N) is 1. The fourth-order valence-electron chi connectivity index (χ4n) is 6.56. The summed E-state index contributed by atoms with van der Waals surface area (Å²) >= 11 is 0. The van der Waals surface area contributed by atoms with Crippen LogP contribution in [-0.4, -0.2) is 82.3 Å². The molecule has 0 spiro atoms. The summed E-state index contributed by atoms with van der Waals surface area (Å²) < 4.78 is 22.6. The van der Waals surface area contributed by atoms with Gasteiger partial charge < -0.3 is 33.3 Å². The fourth-order valence-corrected chi connectivity index (χ4v) is 6.56. The van der Waals surface area contributed by atoms with Crippen molar-refractivity contribution in [2.24, 2.45) is 0 Å². The van der Waals surface area contributed by atoms with Gasteiger partial charge in [0.2, 0.25) is 0 Å². The van der Waals surface area contributed by atoms with E-state index in [9.17, 15) is 19.5 Å². The number of ether oxygens (including phenoxy) is 4. The van der Waals surface area contributed by atoms with E-state index in [4.69, 9.17) is 18.9 Å². The number of carboxylic acid groups (broad SMARTS) is 1.